The van der Waals surface area contributed by atoms with Gasteiger partial charge in [-0.15, -0.1) is 22.7 Å². The van der Waals surface area contributed by atoms with Gasteiger partial charge in [-0.05, 0) is 309 Å². The second kappa shape index (κ2) is 33.0. The summed E-state index contributed by atoms with van der Waals surface area (Å²) < 4.78 is 37.5. The van der Waals surface area contributed by atoms with Gasteiger partial charge in [-0.25, -0.2) is 8.78 Å². The Morgan fingerprint density at radius 1 is 0.243 bits per heavy atom. The summed E-state index contributed by atoms with van der Waals surface area (Å²) in [6.07, 6.45) is 1.66. The summed E-state index contributed by atoms with van der Waals surface area (Å²) >= 11 is 3.72. The van der Waals surface area contributed by atoms with Gasteiger partial charge in [-0.1, -0.05) is 349 Å². The highest BCUT2D eigenvalue weighted by molar-refractivity contribution is 7.27. The molecule has 0 unspecified atom stereocenters. The van der Waals surface area contributed by atoms with Crippen molar-refractivity contribution in [2.75, 3.05) is 19.6 Å². The zero-order chi connectivity index (χ0) is 97.9. The SMILES string of the molecule is Cc1ccc(N(c2cccc(F)c2)c2cc3c(c4c2sc2ccccc24)-c2c(cc(N(c4ccc(CCC(C)(C)c5ccc(N(c6ccc(C(C)(C)C)cc6)c6cc7c(c8sc9ccccc9c68)-c6c(cc(N(c8ccc(C(C)(C)C)cc8)c8ccc(C(C)(C)C)cc8)c8ccccc68)C76c7ccccc7-c7ccccc76)cc5)cc4)c4cccc(F)c4)c4ccccc24)C32c3ccccc3-c3ccccc32)cc1. The van der Waals surface area contributed by atoms with E-state index in [0.29, 0.717) is 5.69 Å². The number of fused-ring (bicyclic) bond motifs is 32. The molecule has 2 aromatic heterocycles. The molecule has 8 heteroatoms. The Bertz CT molecular complexity index is 8860. The Morgan fingerprint density at radius 3 is 0.979 bits per heavy atom. The molecule has 0 fully saturated rings. The molecular weight excluding hydrogens is 1790 g/mol. The summed E-state index contributed by atoms with van der Waals surface area (Å²) in [4.78, 5) is 9.69. The molecule has 0 amide bonds. The van der Waals surface area contributed by atoms with Crippen LogP contribution in [0.4, 0.5) is 77.0 Å². The largest absolute Gasteiger partial charge is 0.310 e. The Morgan fingerprint density at radius 2 is 0.556 bits per heavy atom. The second-order valence-electron chi connectivity index (χ2n) is 43.8. The Balaban J connectivity index is 0.603. The maximum Gasteiger partial charge on any atom is 0.125 e. The highest BCUT2D eigenvalue weighted by Crippen LogP contribution is 2.71. The molecule has 0 bridgehead atoms. The third kappa shape index (κ3) is 13.6. The van der Waals surface area contributed by atoms with Gasteiger partial charge >= 0.3 is 0 Å². The van der Waals surface area contributed by atoms with Gasteiger partial charge in [-0.3, -0.25) is 0 Å². The molecule has 4 aliphatic rings. The van der Waals surface area contributed by atoms with Crippen LogP contribution in [0.1, 0.15) is 160 Å². The fourth-order valence-corrected chi connectivity index (χ4v) is 27.3. The van der Waals surface area contributed by atoms with Crippen molar-refractivity contribution in [2.45, 2.75) is 128 Å². The quantitative estimate of drug-likeness (QED) is 0.0956. The summed E-state index contributed by atoms with van der Waals surface area (Å²) in [5.41, 5.74) is 36.7. The van der Waals surface area contributed by atoms with E-state index in [4.69, 9.17) is 0 Å². The van der Waals surface area contributed by atoms with Gasteiger partial charge in [0.25, 0.3) is 0 Å². The van der Waals surface area contributed by atoms with E-state index < -0.39 is 10.8 Å². The third-order valence-corrected chi connectivity index (χ3v) is 34.2. The fraction of sp³-hybridized carbons (Fsp3) is 0.147. The molecule has 0 saturated carbocycles. The number of hydrogen-bond acceptors (Lipinski definition) is 6. The molecule has 0 radical (unpaired) electrons. The molecule has 0 atom stereocenters. The number of benzene rings is 20. The van der Waals surface area contributed by atoms with Gasteiger partial charge in [0.05, 0.1) is 38.3 Å². The predicted octanol–water partition coefficient (Wildman–Crippen LogP) is 38.7. The highest BCUT2D eigenvalue weighted by atomic mass is 32.1. The Kier molecular flexibility index (Phi) is 20.3. The molecule has 20 aromatic carbocycles. The van der Waals surface area contributed by atoms with E-state index in [-0.39, 0.29) is 33.3 Å². The highest BCUT2D eigenvalue weighted by Gasteiger charge is 2.56. The lowest BCUT2D eigenvalue weighted by Gasteiger charge is -2.34. The molecule has 22 aromatic rings. The molecule has 0 aliphatic heterocycles. The average Bonchev–Trinajstić information content (AvgIpc) is 1.49. The van der Waals surface area contributed by atoms with E-state index in [9.17, 15) is 0 Å². The first-order chi connectivity index (χ1) is 69.8. The van der Waals surface area contributed by atoms with Crippen LogP contribution in [0, 0.1) is 18.6 Å². The summed E-state index contributed by atoms with van der Waals surface area (Å²) in [7, 11) is 0. The summed E-state index contributed by atoms with van der Waals surface area (Å²) in [6.45, 7) is 27.7. The van der Waals surface area contributed by atoms with Gasteiger partial charge < -0.3 is 19.6 Å². The molecule has 4 aliphatic carbocycles. The van der Waals surface area contributed by atoms with Crippen molar-refractivity contribution >= 4 is 153 Å². The van der Waals surface area contributed by atoms with Gasteiger partial charge in [0.2, 0.25) is 0 Å². The van der Waals surface area contributed by atoms with Crippen LogP contribution in [0.15, 0.2) is 413 Å². The lowest BCUT2D eigenvalue weighted by Crippen LogP contribution is -2.26. The van der Waals surface area contributed by atoms with E-state index >= 15 is 8.78 Å². The van der Waals surface area contributed by atoms with E-state index in [0.717, 1.165) is 129 Å². The smallest absolute Gasteiger partial charge is 0.125 e. The summed E-state index contributed by atoms with van der Waals surface area (Å²) in [6, 6.07) is 153. The zero-order valence-electron chi connectivity index (χ0n) is 83.0. The molecule has 0 N–H and O–H groups in total. The number of halogens is 2. The van der Waals surface area contributed by atoms with Crippen molar-refractivity contribution in [1.29, 1.82) is 0 Å². The van der Waals surface area contributed by atoms with Crippen LogP contribution in [0.2, 0.25) is 0 Å². The van der Waals surface area contributed by atoms with Crippen LogP contribution >= 0.6 is 22.7 Å². The topological polar surface area (TPSA) is 13.0 Å². The number of hydrogen-bond donors (Lipinski definition) is 0. The molecule has 2 spiro atoms. The standard InChI is InChI=1S/C136H108F2N4S2/c1-83-51-63-91(64-52-83)142(98-34-30-32-90(138)78-98)120-82-115-127(126-108-44-22-28-50-122(108)143-129(120)126)123-105-41-15-13-39-103(105)118(79-113(123)135(115)109-45-23-17-35-99(109)100-36-18-24-46-110(100)135)141(97-33-29-31-89(137)77-97)92-65-53-84(54-66-92)75-76-134(11,12)88-61-73-96(74-62-88)140(95-71-59-87(60-72-95)133(8,9)10)119-81-116-128(130-125(119)107-43-21-27-49-121(107)144-130)124-106-42-16-14-40-104(106)117(80-114(124)136(116)111-47-25-19-37-101(111)102-38-20-26-48-112(102)136)139(93-67-55-85(56-68-93)131(2,3)4)94-69-57-86(58-70-94)132(5,6)7/h13-74,77-82H,75-76H2,1-12H3. The number of rotatable bonds is 16. The maximum absolute atomic E-state index is 16.6. The fourth-order valence-electron chi connectivity index (χ4n) is 24.8. The Hall–Kier alpha value is -15.6. The van der Waals surface area contributed by atoms with Crippen molar-refractivity contribution in [3.05, 3.63) is 502 Å². The Labute approximate surface area is 849 Å². The first-order valence-electron chi connectivity index (χ1n) is 50.6. The lowest BCUT2D eigenvalue weighted by atomic mass is 9.70. The van der Waals surface area contributed by atoms with Crippen LogP contribution in [0.5, 0.6) is 0 Å². The minimum Gasteiger partial charge on any atom is -0.310 e. The van der Waals surface area contributed by atoms with Crippen LogP contribution in [0.25, 0.3) is 106 Å². The number of thiophene rings is 2. The summed E-state index contributed by atoms with van der Waals surface area (Å²) in [5, 5.41) is 9.30. The number of anilines is 12. The molecule has 144 heavy (non-hydrogen) atoms. The molecule has 0 saturated heterocycles. The normalized spacial score (nSPS) is 13.5. The second-order valence-corrected chi connectivity index (χ2v) is 45.9. The number of nitrogens with zero attached hydrogens (tertiary/aromatic N) is 4. The van der Waals surface area contributed by atoms with Crippen molar-refractivity contribution in [3.8, 4) is 44.5 Å². The number of aryl methyl sites for hydroxylation is 2. The zero-order valence-corrected chi connectivity index (χ0v) is 84.7. The molecule has 698 valence electrons. The molecule has 26 rings (SSSR count). The molecular formula is C136H108F2N4S2. The van der Waals surface area contributed by atoms with Crippen molar-refractivity contribution in [3.63, 3.8) is 0 Å². The van der Waals surface area contributed by atoms with Gasteiger partial charge in [0.15, 0.2) is 0 Å². The minimum absolute atomic E-state index is 0.0403. The molecule has 4 nitrogen and oxygen atoms in total. The molecule has 2 heterocycles. The van der Waals surface area contributed by atoms with Crippen LogP contribution < -0.4 is 19.6 Å². The third-order valence-electron chi connectivity index (χ3n) is 31.8. The van der Waals surface area contributed by atoms with Crippen LogP contribution in [-0.2, 0) is 38.9 Å². The van der Waals surface area contributed by atoms with Gasteiger partial charge in [0.1, 0.15) is 11.6 Å². The van der Waals surface area contributed by atoms with E-state index in [2.05, 4.69) is 467 Å². The summed E-state index contributed by atoms with van der Waals surface area (Å²) in [5.74, 6) is -0.631. The lowest BCUT2D eigenvalue weighted by molar-refractivity contribution is 0.480. The van der Waals surface area contributed by atoms with Crippen molar-refractivity contribution in [2.24, 2.45) is 0 Å². The average molecular weight is 1900 g/mol. The minimum atomic E-state index is -0.886. The van der Waals surface area contributed by atoms with Gasteiger partial charge in [-0.2, -0.15) is 0 Å². The first kappa shape index (κ1) is 88.6. The van der Waals surface area contributed by atoms with Crippen LogP contribution in [-0.4, -0.2) is 0 Å². The monoisotopic (exact) mass is 1900 g/mol. The van der Waals surface area contributed by atoms with Crippen molar-refractivity contribution in [1.82, 2.24) is 0 Å². The predicted molar refractivity (Wildman–Crippen MR) is 607 cm³/mol. The van der Waals surface area contributed by atoms with Crippen LogP contribution in [0.3, 0.4) is 0 Å². The first-order valence-corrected chi connectivity index (χ1v) is 52.2. The van der Waals surface area contributed by atoms with E-state index in [1.165, 1.54) is 137 Å². The van der Waals surface area contributed by atoms with E-state index in [1.54, 1.807) is 29.5 Å². The van der Waals surface area contributed by atoms with E-state index in [1.807, 2.05) is 35.6 Å². The maximum atomic E-state index is 16.6. The van der Waals surface area contributed by atoms with Crippen molar-refractivity contribution < 1.29 is 8.78 Å². The van der Waals surface area contributed by atoms with Gasteiger partial charge in [0, 0.05) is 97.5 Å².